The Balaban J connectivity index is 1.72. The van der Waals surface area contributed by atoms with Crippen molar-refractivity contribution in [3.8, 4) is 0 Å². The van der Waals surface area contributed by atoms with Gasteiger partial charge in [-0.05, 0) is 31.2 Å². The van der Waals surface area contributed by atoms with Crippen LogP contribution in [0.5, 0.6) is 0 Å². The molecule has 0 aliphatic rings. The quantitative estimate of drug-likeness (QED) is 0.377. The Morgan fingerprint density at radius 3 is 2.52 bits per heavy atom. The summed E-state index contributed by atoms with van der Waals surface area (Å²) in [5, 5.41) is 2.66. The number of nitrogens with one attached hydrogen (secondary N) is 1. The van der Waals surface area contributed by atoms with Gasteiger partial charge in [0.1, 0.15) is 0 Å². The van der Waals surface area contributed by atoms with Gasteiger partial charge in [-0.1, -0.05) is 41.6 Å². The molecule has 2 aromatic rings. The van der Waals surface area contributed by atoms with Gasteiger partial charge in [0.15, 0.2) is 6.61 Å². The molecule has 0 aromatic heterocycles. The highest BCUT2D eigenvalue weighted by Gasteiger charge is 2.17. The van der Waals surface area contributed by atoms with Gasteiger partial charge < -0.3 is 10.1 Å². The molecule has 0 fully saturated rings. The molecule has 0 radical (unpaired) electrons. The molecule has 4 nitrogen and oxygen atoms in total. The number of carbonyl (C=O) groups excluding carboxylic acids is 2. The van der Waals surface area contributed by atoms with Crippen LogP contribution in [0.3, 0.4) is 0 Å². The lowest BCUT2D eigenvalue weighted by molar-refractivity contribution is -0.124. The number of carbonyl (C=O) groups is 2. The first-order valence-corrected chi connectivity index (χ1v) is 9.99. The fourth-order valence-electron chi connectivity index (χ4n) is 2.09. The van der Waals surface area contributed by atoms with Gasteiger partial charge in [0.05, 0.1) is 5.56 Å². The van der Waals surface area contributed by atoms with Crippen molar-refractivity contribution >= 4 is 35.4 Å². The average Bonchev–Trinajstić information content (AvgIpc) is 2.64. The molecule has 0 aliphatic heterocycles. The van der Waals surface area contributed by atoms with Crippen LogP contribution in [0.15, 0.2) is 58.3 Å². The standard InChI is InChI=1S/C19H19F2NO3S2/c1-13-6-8-14(9-7-13)26-11-10-22-17(23)12-25-18(24)15-4-2-3-5-16(15)27-19(20)21/h2-9,19H,10-12H2,1H3,(H,22,23). The van der Waals surface area contributed by atoms with Crippen molar-refractivity contribution in [2.24, 2.45) is 0 Å². The second-order valence-electron chi connectivity index (χ2n) is 5.46. The maximum Gasteiger partial charge on any atom is 0.339 e. The number of aryl methyl sites for hydroxylation is 1. The smallest absolute Gasteiger partial charge is 0.339 e. The zero-order chi connectivity index (χ0) is 19.6. The largest absolute Gasteiger partial charge is 0.452 e. The third kappa shape index (κ3) is 7.60. The van der Waals surface area contributed by atoms with Crippen molar-refractivity contribution < 1.29 is 23.1 Å². The Labute approximate surface area is 165 Å². The summed E-state index contributed by atoms with van der Waals surface area (Å²) < 4.78 is 30.0. The van der Waals surface area contributed by atoms with Crippen LogP contribution < -0.4 is 5.32 Å². The summed E-state index contributed by atoms with van der Waals surface area (Å²) in [5.41, 5.74) is 1.20. The third-order valence-corrected chi connectivity index (χ3v) is 5.17. The van der Waals surface area contributed by atoms with E-state index < -0.39 is 24.2 Å². The fourth-order valence-corrected chi connectivity index (χ4v) is 3.48. The molecule has 144 valence electrons. The van der Waals surface area contributed by atoms with Crippen molar-refractivity contribution in [3.05, 3.63) is 59.7 Å². The fraction of sp³-hybridized carbons (Fsp3) is 0.263. The summed E-state index contributed by atoms with van der Waals surface area (Å²) in [7, 11) is 0. The van der Waals surface area contributed by atoms with Gasteiger partial charge >= 0.3 is 5.97 Å². The predicted molar refractivity (Wildman–Crippen MR) is 103 cm³/mol. The van der Waals surface area contributed by atoms with E-state index in [2.05, 4.69) is 5.32 Å². The first kappa shape index (κ1) is 21.2. The molecule has 2 rings (SSSR count). The summed E-state index contributed by atoms with van der Waals surface area (Å²) in [4.78, 5) is 25.0. The van der Waals surface area contributed by atoms with Gasteiger partial charge in [-0.15, -0.1) is 11.8 Å². The molecule has 0 saturated heterocycles. The lowest BCUT2D eigenvalue weighted by atomic mass is 10.2. The molecule has 2 aromatic carbocycles. The van der Waals surface area contributed by atoms with Crippen molar-refractivity contribution in [2.75, 3.05) is 18.9 Å². The second-order valence-corrected chi connectivity index (χ2v) is 7.66. The molecule has 0 unspecified atom stereocenters. The number of alkyl halides is 2. The summed E-state index contributed by atoms with van der Waals surface area (Å²) in [6.07, 6.45) is 0. The van der Waals surface area contributed by atoms with Crippen LogP contribution in [0.4, 0.5) is 8.78 Å². The maximum absolute atomic E-state index is 12.5. The molecule has 1 N–H and O–H groups in total. The van der Waals surface area contributed by atoms with Gasteiger partial charge in [-0.3, -0.25) is 4.79 Å². The first-order valence-electron chi connectivity index (χ1n) is 8.13. The van der Waals surface area contributed by atoms with Gasteiger partial charge in [-0.2, -0.15) is 8.78 Å². The van der Waals surface area contributed by atoms with Crippen LogP contribution in [0.1, 0.15) is 15.9 Å². The molecule has 0 spiro atoms. The molecular weight excluding hydrogens is 392 g/mol. The number of benzene rings is 2. The van der Waals surface area contributed by atoms with Crippen LogP contribution in [0.25, 0.3) is 0 Å². The van der Waals surface area contributed by atoms with Crippen molar-refractivity contribution in [1.82, 2.24) is 5.32 Å². The van der Waals surface area contributed by atoms with E-state index in [4.69, 9.17) is 4.74 Å². The van der Waals surface area contributed by atoms with E-state index in [1.807, 2.05) is 31.2 Å². The molecule has 0 heterocycles. The number of hydrogen-bond donors (Lipinski definition) is 1. The highest BCUT2D eigenvalue weighted by molar-refractivity contribution is 7.99. The van der Waals surface area contributed by atoms with E-state index in [0.29, 0.717) is 12.3 Å². The minimum absolute atomic E-state index is 0.0190. The van der Waals surface area contributed by atoms with Crippen molar-refractivity contribution in [1.29, 1.82) is 0 Å². The van der Waals surface area contributed by atoms with Gasteiger partial charge in [0.25, 0.3) is 11.7 Å². The highest BCUT2D eigenvalue weighted by atomic mass is 32.2. The lowest BCUT2D eigenvalue weighted by Crippen LogP contribution is -2.30. The number of ether oxygens (including phenoxy) is 1. The number of esters is 1. The molecule has 1 amide bonds. The molecule has 0 aliphatic carbocycles. The predicted octanol–water partition coefficient (Wildman–Crippen LogP) is 4.38. The zero-order valence-corrected chi connectivity index (χ0v) is 16.2. The number of amides is 1. The number of halogens is 2. The monoisotopic (exact) mass is 411 g/mol. The van der Waals surface area contributed by atoms with Crippen LogP contribution >= 0.6 is 23.5 Å². The Hall–Kier alpha value is -2.06. The van der Waals surface area contributed by atoms with Crippen molar-refractivity contribution in [3.63, 3.8) is 0 Å². The minimum Gasteiger partial charge on any atom is -0.452 e. The van der Waals surface area contributed by atoms with Crippen molar-refractivity contribution in [2.45, 2.75) is 22.5 Å². The molecule has 0 bridgehead atoms. The molecule has 27 heavy (non-hydrogen) atoms. The second kappa shape index (κ2) is 10.9. The first-order chi connectivity index (χ1) is 13.0. The van der Waals surface area contributed by atoms with Crippen LogP contribution in [-0.4, -0.2) is 36.5 Å². The molecule has 8 heteroatoms. The van der Waals surface area contributed by atoms with E-state index in [0.717, 1.165) is 4.90 Å². The number of thioether (sulfide) groups is 2. The number of rotatable bonds is 9. The molecular formula is C19H19F2NO3S2. The summed E-state index contributed by atoms with van der Waals surface area (Å²) in [5.74, 6) is -3.21. The Kier molecular flexibility index (Phi) is 8.60. The van der Waals surface area contributed by atoms with Gasteiger partial charge in [0.2, 0.25) is 0 Å². The van der Waals surface area contributed by atoms with E-state index in [1.54, 1.807) is 23.9 Å². The molecule has 0 saturated carbocycles. The Bertz CT molecular complexity index is 770. The van der Waals surface area contributed by atoms with Gasteiger partial charge in [0, 0.05) is 22.1 Å². The average molecular weight is 411 g/mol. The normalized spacial score (nSPS) is 10.7. The molecule has 0 atom stereocenters. The summed E-state index contributed by atoms with van der Waals surface area (Å²) in [6, 6.07) is 14.0. The van der Waals surface area contributed by atoms with Crippen LogP contribution in [0.2, 0.25) is 0 Å². The third-order valence-electron chi connectivity index (χ3n) is 3.37. The topological polar surface area (TPSA) is 55.4 Å². The van der Waals surface area contributed by atoms with E-state index in [1.165, 1.54) is 17.7 Å². The lowest BCUT2D eigenvalue weighted by Gasteiger charge is -2.09. The zero-order valence-electron chi connectivity index (χ0n) is 14.6. The van der Waals surface area contributed by atoms with E-state index in [9.17, 15) is 18.4 Å². The highest BCUT2D eigenvalue weighted by Crippen LogP contribution is 2.28. The SMILES string of the molecule is Cc1ccc(SCCNC(=O)COC(=O)c2ccccc2SC(F)F)cc1. The van der Waals surface area contributed by atoms with Gasteiger partial charge in [-0.25, -0.2) is 4.79 Å². The maximum atomic E-state index is 12.5. The summed E-state index contributed by atoms with van der Waals surface area (Å²) in [6.45, 7) is 1.98. The summed E-state index contributed by atoms with van der Waals surface area (Å²) >= 11 is 1.87. The minimum atomic E-state index is -2.65. The van der Waals surface area contributed by atoms with E-state index in [-0.39, 0.29) is 22.2 Å². The Morgan fingerprint density at radius 2 is 1.81 bits per heavy atom. The Morgan fingerprint density at radius 1 is 1.11 bits per heavy atom. The van der Waals surface area contributed by atoms with E-state index >= 15 is 0 Å². The van der Waals surface area contributed by atoms with Crippen LogP contribution in [-0.2, 0) is 9.53 Å². The van der Waals surface area contributed by atoms with Crippen LogP contribution in [0, 0.1) is 6.92 Å². The number of hydrogen-bond acceptors (Lipinski definition) is 5.